The topological polar surface area (TPSA) is 29.5 Å². The summed E-state index contributed by atoms with van der Waals surface area (Å²) in [5, 5.41) is 6.74. The second-order valence-electron chi connectivity index (χ2n) is 14.0. The molecule has 0 spiro atoms. The van der Waals surface area contributed by atoms with E-state index in [4.69, 9.17) is 8.83 Å². The van der Waals surface area contributed by atoms with Gasteiger partial charge in [-0.05, 0) is 99.3 Å². The van der Waals surface area contributed by atoms with Gasteiger partial charge in [-0.1, -0.05) is 140 Å². The van der Waals surface area contributed by atoms with E-state index in [0.29, 0.717) is 0 Å². The van der Waals surface area contributed by atoms with Gasteiger partial charge in [0.1, 0.15) is 22.3 Å². The van der Waals surface area contributed by atoms with E-state index < -0.39 is 0 Å². The number of hydrogen-bond acceptors (Lipinski definition) is 3. The molecule has 258 valence electrons. The Hall–Kier alpha value is -7.36. The van der Waals surface area contributed by atoms with Crippen LogP contribution in [0.15, 0.2) is 209 Å². The largest absolute Gasteiger partial charge is 0.456 e. The lowest BCUT2D eigenvalue weighted by Crippen LogP contribution is -2.09. The normalized spacial score (nSPS) is 11.6. The molecule has 2 aromatic heterocycles. The molecule has 55 heavy (non-hydrogen) atoms. The second kappa shape index (κ2) is 12.6. The van der Waals surface area contributed by atoms with Crippen molar-refractivity contribution in [3.05, 3.63) is 200 Å². The van der Waals surface area contributed by atoms with Crippen LogP contribution < -0.4 is 4.90 Å². The van der Waals surface area contributed by atoms with Crippen LogP contribution in [-0.2, 0) is 0 Å². The zero-order valence-corrected chi connectivity index (χ0v) is 29.8. The summed E-state index contributed by atoms with van der Waals surface area (Å²) in [6.07, 6.45) is 0. The molecule has 0 unspecified atom stereocenters. The molecular weight excluding hydrogens is 671 g/mol. The third-order valence-electron chi connectivity index (χ3n) is 10.9. The smallest absolute Gasteiger partial charge is 0.143 e. The molecule has 0 aliphatic rings. The number of hydrogen-bond donors (Lipinski definition) is 0. The van der Waals surface area contributed by atoms with Crippen LogP contribution in [0.3, 0.4) is 0 Å². The fourth-order valence-corrected chi connectivity index (χ4v) is 8.34. The van der Waals surface area contributed by atoms with Crippen molar-refractivity contribution in [3.8, 4) is 33.4 Å². The lowest BCUT2D eigenvalue weighted by atomic mass is 9.89. The number of rotatable bonds is 6. The van der Waals surface area contributed by atoms with Crippen LogP contribution in [0.25, 0.3) is 88.0 Å². The zero-order chi connectivity index (χ0) is 36.3. The SMILES string of the molecule is c1ccc(N(c2ccccc2)c2ccc(-c3ccc(-c4ccc5c(oc6ccc7oc8ccccc8c7c65)c4-c4cccc5ccccc45)cc3)cc2)cc1. The number of anilines is 3. The summed E-state index contributed by atoms with van der Waals surface area (Å²) in [4.78, 5) is 2.29. The van der Waals surface area contributed by atoms with E-state index >= 15 is 0 Å². The summed E-state index contributed by atoms with van der Waals surface area (Å²) >= 11 is 0. The number of para-hydroxylation sites is 3. The molecular formula is C52H33NO2. The Kier molecular flexibility index (Phi) is 7.17. The van der Waals surface area contributed by atoms with Gasteiger partial charge in [0.05, 0.1) is 0 Å². The first kappa shape index (κ1) is 31.2. The first-order chi connectivity index (χ1) is 27.3. The van der Waals surface area contributed by atoms with E-state index in [2.05, 4.69) is 181 Å². The monoisotopic (exact) mass is 703 g/mol. The molecule has 0 aliphatic carbocycles. The van der Waals surface area contributed by atoms with E-state index in [1.165, 1.54) is 10.8 Å². The molecule has 0 N–H and O–H groups in total. The van der Waals surface area contributed by atoms with Crippen molar-refractivity contribution >= 4 is 71.7 Å². The third kappa shape index (κ3) is 5.13. The summed E-state index contributed by atoms with van der Waals surface area (Å²) in [6.45, 7) is 0. The Labute approximate surface area is 317 Å². The molecule has 0 saturated heterocycles. The Morgan fingerprint density at radius 3 is 1.58 bits per heavy atom. The van der Waals surface area contributed by atoms with Crippen molar-refractivity contribution in [2.24, 2.45) is 0 Å². The maximum absolute atomic E-state index is 6.92. The first-order valence-corrected chi connectivity index (χ1v) is 18.7. The van der Waals surface area contributed by atoms with Crippen molar-refractivity contribution < 1.29 is 8.83 Å². The molecule has 9 aromatic carbocycles. The minimum atomic E-state index is 0.851. The number of benzene rings is 9. The highest BCUT2D eigenvalue weighted by Crippen LogP contribution is 2.47. The van der Waals surface area contributed by atoms with Crippen LogP contribution in [0.4, 0.5) is 17.1 Å². The molecule has 3 heteroatoms. The summed E-state index contributed by atoms with van der Waals surface area (Å²) in [5.74, 6) is 0. The van der Waals surface area contributed by atoms with Crippen molar-refractivity contribution in [1.29, 1.82) is 0 Å². The van der Waals surface area contributed by atoms with Gasteiger partial charge in [-0.15, -0.1) is 0 Å². The van der Waals surface area contributed by atoms with Gasteiger partial charge >= 0.3 is 0 Å². The quantitative estimate of drug-likeness (QED) is 0.173. The predicted octanol–water partition coefficient (Wildman–Crippen LogP) is 15.1. The Bertz CT molecular complexity index is 3130. The lowest BCUT2D eigenvalue weighted by molar-refractivity contribution is 0.663. The number of nitrogens with zero attached hydrogens (tertiary/aromatic N) is 1. The molecule has 0 amide bonds. The second-order valence-corrected chi connectivity index (χ2v) is 14.0. The highest BCUT2D eigenvalue weighted by atomic mass is 16.3. The molecule has 11 aromatic rings. The summed E-state index contributed by atoms with van der Waals surface area (Å²) in [5.41, 5.74) is 13.6. The molecule has 0 fully saturated rings. The predicted molar refractivity (Wildman–Crippen MR) is 229 cm³/mol. The minimum Gasteiger partial charge on any atom is -0.456 e. The van der Waals surface area contributed by atoms with E-state index in [0.717, 1.165) is 94.3 Å². The highest BCUT2D eigenvalue weighted by Gasteiger charge is 2.22. The fourth-order valence-electron chi connectivity index (χ4n) is 8.34. The summed E-state index contributed by atoms with van der Waals surface area (Å²) in [6, 6.07) is 70.8. The third-order valence-corrected chi connectivity index (χ3v) is 10.9. The van der Waals surface area contributed by atoms with Gasteiger partial charge in [0.25, 0.3) is 0 Å². The Balaban J connectivity index is 1.05. The summed E-state index contributed by atoms with van der Waals surface area (Å²) in [7, 11) is 0. The highest BCUT2D eigenvalue weighted by molar-refractivity contribution is 6.28. The van der Waals surface area contributed by atoms with Crippen molar-refractivity contribution in [2.45, 2.75) is 0 Å². The van der Waals surface area contributed by atoms with Gasteiger partial charge in [0.2, 0.25) is 0 Å². The minimum absolute atomic E-state index is 0.851. The van der Waals surface area contributed by atoms with Gasteiger partial charge in [0.15, 0.2) is 0 Å². The molecule has 0 saturated carbocycles. The standard InChI is InChI=1S/C52H33NO2/c1-3-14-38(15-4-1)53(39-16-5-2-6-17-39)40-28-26-35(27-29-40)34-22-24-37(25-23-34)42-30-31-45-51-48(33-32-47-50(51)44-19-9-10-21-46(44)54-47)55-52(45)49(42)43-20-11-13-36-12-7-8-18-41(36)43/h1-33H. The number of furan rings is 2. The lowest BCUT2D eigenvalue weighted by Gasteiger charge is -2.25. The zero-order valence-electron chi connectivity index (χ0n) is 29.8. The van der Waals surface area contributed by atoms with Gasteiger partial charge in [0, 0.05) is 44.2 Å². The fraction of sp³-hybridized carbons (Fsp3) is 0. The van der Waals surface area contributed by atoms with Crippen LogP contribution in [0.2, 0.25) is 0 Å². The molecule has 11 rings (SSSR count). The number of fused-ring (bicyclic) bond motifs is 8. The van der Waals surface area contributed by atoms with Gasteiger partial charge < -0.3 is 13.7 Å². The van der Waals surface area contributed by atoms with Crippen molar-refractivity contribution in [3.63, 3.8) is 0 Å². The average molecular weight is 704 g/mol. The molecule has 0 aliphatic heterocycles. The first-order valence-electron chi connectivity index (χ1n) is 18.7. The van der Waals surface area contributed by atoms with Crippen molar-refractivity contribution in [1.82, 2.24) is 0 Å². The van der Waals surface area contributed by atoms with E-state index in [-0.39, 0.29) is 0 Å². The maximum atomic E-state index is 6.92. The maximum Gasteiger partial charge on any atom is 0.143 e. The Morgan fingerprint density at radius 1 is 0.309 bits per heavy atom. The molecule has 0 atom stereocenters. The van der Waals surface area contributed by atoms with E-state index in [9.17, 15) is 0 Å². The van der Waals surface area contributed by atoms with E-state index in [1.807, 2.05) is 24.3 Å². The molecule has 2 heterocycles. The molecule has 0 bridgehead atoms. The van der Waals surface area contributed by atoms with Crippen LogP contribution in [0, 0.1) is 0 Å². The molecule has 0 radical (unpaired) electrons. The molecule has 3 nitrogen and oxygen atoms in total. The van der Waals surface area contributed by atoms with Crippen LogP contribution >= 0.6 is 0 Å². The van der Waals surface area contributed by atoms with Gasteiger partial charge in [-0.3, -0.25) is 0 Å². The average Bonchev–Trinajstić information content (AvgIpc) is 3.83. The Morgan fingerprint density at radius 2 is 0.855 bits per heavy atom. The van der Waals surface area contributed by atoms with Gasteiger partial charge in [-0.2, -0.15) is 0 Å². The summed E-state index contributed by atoms with van der Waals surface area (Å²) < 4.78 is 13.2. The van der Waals surface area contributed by atoms with Crippen molar-refractivity contribution in [2.75, 3.05) is 4.90 Å². The van der Waals surface area contributed by atoms with Crippen LogP contribution in [0.1, 0.15) is 0 Å². The van der Waals surface area contributed by atoms with E-state index in [1.54, 1.807) is 0 Å². The van der Waals surface area contributed by atoms with Crippen LogP contribution in [0.5, 0.6) is 0 Å². The van der Waals surface area contributed by atoms with Gasteiger partial charge in [-0.25, -0.2) is 0 Å². The van der Waals surface area contributed by atoms with Crippen LogP contribution in [-0.4, -0.2) is 0 Å².